The molecule has 1 unspecified atom stereocenters. The first-order chi connectivity index (χ1) is 10.1. The number of aryl methyl sites for hydroxylation is 1. The number of hydrogen-bond acceptors (Lipinski definition) is 6. The van der Waals surface area contributed by atoms with E-state index < -0.39 is 0 Å². The van der Waals surface area contributed by atoms with Gasteiger partial charge in [-0.15, -0.1) is 11.3 Å². The van der Waals surface area contributed by atoms with Gasteiger partial charge in [-0.05, 0) is 20.4 Å². The van der Waals surface area contributed by atoms with E-state index in [4.69, 9.17) is 4.74 Å². The number of likely N-dealkylation sites (N-methyl/N-ethyl adjacent to an activating group) is 1. The summed E-state index contributed by atoms with van der Waals surface area (Å²) in [6, 6.07) is 0.565. The molecule has 1 atom stereocenters. The van der Waals surface area contributed by atoms with E-state index in [0.717, 1.165) is 37.0 Å². The highest BCUT2D eigenvalue weighted by atomic mass is 32.1. The Morgan fingerprint density at radius 2 is 2.29 bits per heavy atom. The van der Waals surface area contributed by atoms with Gasteiger partial charge in [0.2, 0.25) is 0 Å². The largest absolute Gasteiger partial charge is 0.466 e. The maximum absolute atomic E-state index is 11.4. The number of thiazole rings is 1. The van der Waals surface area contributed by atoms with Crippen LogP contribution < -0.4 is 4.90 Å². The van der Waals surface area contributed by atoms with Gasteiger partial charge >= 0.3 is 5.97 Å². The monoisotopic (exact) mass is 311 g/mol. The van der Waals surface area contributed by atoms with Gasteiger partial charge in [0.15, 0.2) is 5.13 Å². The lowest BCUT2D eigenvalue weighted by Gasteiger charge is -2.39. The molecule has 0 spiro atoms. The van der Waals surface area contributed by atoms with Crippen LogP contribution in [0.5, 0.6) is 0 Å². The summed E-state index contributed by atoms with van der Waals surface area (Å²) in [5.41, 5.74) is 0.994. The number of carbonyl (C=O) groups is 1. The molecule has 0 N–H and O–H groups in total. The zero-order valence-electron chi connectivity index (χ0n) is 13.2. The molecule has 1 saturated heterocycles. The number of aromatic nitrogens is 1. The van der Waals surface area contributed by atoms with E-state index in [2.05, 4.69) is 34.0 Å². The number of nitrogens with zero attached hydrogens (tertiary/aromatic N) is 3. The van der Waals surface area contributed by atoms with Gasteiger partial charge in [-0.25, -0.2) is 4.98 Å². The van der Waals surface area contributed by atoms with Crippen molar-refractivity contribution in [3.8, 4) is 0 Å². The van der Waals surface area contributed by atoms with E-state index >= 15 is 0 Å². The Hall–Kier alpha value is -1.14. The summed E-state index contributed by atoms with van der Waals surface area (Å²) in [6.45, 7) is 11.0. The Morgan fingerprint density at radius 1 is 1.48 bits per heavy atom. The fourth-order valence-corrected chi connectivity index (χ4v) is 3.56. The van der Waals surface area contributed by atoms with Crippen LogP contribution in [0.3, 0.4) is 0 Å². The third-order valence-corrected chi connectivity index (χ3v) is 4.82. The van der Waals surface area contributed by atoms with Gasteiger partial charge in [-0.2, -0.15) is 0 Å². The van der Waals surface area contributed by atoms with Gasteiger partial charge in [0.1, 0.15) is 0 Å². The maximum atomic E-state index is 11.4. The van der Waals surface area contributed by atoms with Crippen molar-refractivity contribution in [2.45, 2.75) is 39.7 Å². The molecule has 2 rings (SSSR count). The zero-order valence-corrected chi connectivity index (χ0v) is 14.0. The van der Waals surface area contributed by atoms with Crippen molar-refractivity contribution >= 4 is 22.4 Å². The molecule has 5 nitrogen and oxygen atoms in total. The molecule has 1 aliphatic rings. The van der Waals surface area contributed by atoms with Gasteiger partial charge in [0, 0.05) is 37.5 Å². The normalized spacial score (nSPS) is 19.8. The van der Waals surface area contributed by atoms with E-state index in [-0.39, 0.29) is 5.97 Å². The molecule has 1 aliphatic heterocycles. The first-order valence-electron chi connectivity index (χ1n) is 7.73. The number of hydrogen-bond donors (Lipinski definition) is 0. The van der Waals surface area contributed by atoms with E-state index in [0.29, 0.717) is 25.5 Å². The van der Waals surface area contributed by atoms with Gasteiger partial charge < -0.3 is 9.64 Å². The smallest absolute Gasteiger partial charge is 0.306 e. The molecule has 0 saturated carbocycles. The average Bonchev–Trinajstić information content (AvgIpc) is 2.94. The molecule has 2 heterocycles. The van der Waals surface area contributed by atoms with Gasteiger partial charge in [-0.3, -0.25) is 9.69 Å². The number of carbonyl (C=O) groups excluding carboxylic acids is 1. The quantitative estimate of drug-likeness (QED) is 0.754. The van der Waals surface area contributed by atoms with Gasteiger partial charge in [0.05, 0.1) is 18.7 Å². The highest BCUT2D eigenvalue weighted by molar-refractivity contribution is 7.13. The summed E-state index contributed by atoms with van der Waals surface area (Å²) in [4.78, 5) is 20.9. The second-order valence-electron chi connectivity index (χ2n) is 5.35. The Labute approximate surface area is 130 Å². The number of anilines is 1. The molecule has 0 amide bonds. The molecular weight excluding hydrogens is 286 g/mol. The fraction of sp³-hybridized carbons (Fsp3) is 0.733. The minimum atomic E-state index is -0.141. The van der Waals surface area contributed by atoms with Crippen LogP contribution in [0.2, 0.25) is 0 Å². The third kappa shape index (κ3) is 4.41. The molecule has 21 heavy (non-hydrogen) atoms. The van der Waals surface area contributed by atoms with Crippen LogP contribution >= 0.6 is 11.3 Å². The highest BCUT2D eigenvalue weighted by Gasteiger charge is 2.24. The maximum Gasteiger partial charge on any atom is 0.306 e. The zero-order chi connectivity index (χ0) is 15.2. The number of ether oxygens (including phenoxy) is 1. The second kappa shape index (κ2) is 7.75. The molecule has 6 heteroatoms. The Balaban J connectivity index is 1.87. The molecule has 1 aromatic rings. The van der Waals surface area contributed by atoms with Crippen LogP contribution in [0.4, 0.5) is 5.13 Å². The SMILES string of the molecule is CCOC(=O)CCc1csc(N2CCN(CC)C(C)C2)n1. The summed E-state index contributed by atoms with van der Waals surface area (Å²) < 4.78 is 4.95. The summed E-state index contributed by atoms with van der Waals surface area (Å²) >= 11 is 1.68. The average molecular weight is 311 g/mol. The third-order valence-electron chi connectivity index (χ3n) is 3.87. The number of piperazine rings is 1. The first kappa shape index (κ1) is 16.2. The summed E-state index contributed by atoms with van der Waals surface area (Å²) in [7, 11) is 0. The molecule has 1 aromatic heterocycles. The number of rotatable bonds is 6. The first-order valence-corrected chi connectivity index (χ1v) is 8.61. The second-order valence-corrected chi connectivity index (χ2v) is 6.19. The van der Waals surface area contributed by atoms with Crippen LogP contribution in [0, 0.1) is 0 Å². The van der Waals surface area contributed by atoms with Crippen molar-refractivity contribution in [3.63, 3.8) is 0 Å². The lowest BCUT2D eigenvalue weighted by Crippen LogP contribution is -2.51. The summed E-state index contributed by atoms with van der Waals surface area (Å²) in [5, 5.41) is 3.14. The molecule has 0 aliphatic carbocycles. The van der Waals surface area contributed by atoms with E-state index in [1.165, 1.54) is 0 Å². The van der Waals surface area contributed by atoms with Crippen molar-refractivity contribution < 1.29 is 9.53 Å². The van der Waals surface area contributed by atoms with Crippen LogP contribution in [-0.2, 0) is 16.0 Å². The van der Waals surface area contributed by atoms with Gasteiger partial charge in [0.25, 0.3) is 0 Å². The Morgan fingerprint density at radius 3 is 2.95 bits per heavy atom. The topological polar surface area (TPSA) is 45.7 Å². The van der Waals surface area contributed by atoms with Crippen molar-refractivity contribution in [2.24, 2.45) is 0 Å². The lowest BCUT2D eigenvalue weighted by molar-refractivity contribution is -0.143. The summed E-state index contributed by atoms with van der Waals surface area (Å²) in [5.74, 6) is -0.141. The number of esters is 1. The minimum Gasteiger partial charge on any atom is -0.466 e. The van der Waals surface area contributed by atoms with Crippen molar-refractivity contribution in [2.75, 3.05) is 37.7 Å². The van der Waals surface area contributed by atoms with E-state index in [1.807, 2.05) is 6.92 Å². The van der Waals surface area contributed by atoms with Crippen LogP contribution in [0.25, 0.3) is 0 Å². The molecule has 1 fully saturated rings. The Bertz CT molecular complexity index is 464. The molecule has 0 bridgehead atoms. The van der Waals surface area contributed by atoms with Gasteiger partial charge in [-0.1, -0.05) is 6.92 Å². The highest BCUT2D eigenvalue weighted by Crippen LogP contribution is 2.24. The van der Waals surface area contributed by atoms with Crippen molar-refractivity contribution in [1.29, 1.82) is 0 Å². The predicted octanol–water partition coefficient (Wildman–Crippen LogP) is 2.17. The lowest BCUT2D eigenvalue weighted by atomic mass is 10.2. The summed E-state index contributed by atoms with van der Waals surface area (Å²) in [6.07, 6.45) is 1.08. The van der Waals surface area contributed by atoms with Crippen molar-refractivity contribution in [3.05, 3.63) is 11.1 Å². The fourth-order valence-electron chi connectivity index (χ4n) is 2.66. The minimum absolute atomic E-state index is 0.141. The molecule has 0 radical (unpaired) electrons. The molecule has 0 aromatic carbocycles. The Kier molecular flexibility index (Phi) is 5.99. The van der Waals surface area contributed by atoms with Crippen LogP contribution in [0.15, 0.2) is 5.38 Å². The molecular formula is C15H25N3O2S. The predicted molar refractivity (Wildman–Crippen MR) is 86.0 cm³/mol. The van der Waals surface area contributed by atoms with Crippen molar-refractivity contribution in [1.82, 2.24) is 9.88 Å². The standard InChI is InChI=1S/C15H25N3O2S/c1-4-17-8-9-18(10-12(17)3)15-16-13(11-21-15)6-7-14(19)20-5-2/h11-12H,4-10H2,1-3H3. The van der Waals surface area contributed by atoms with E-state index in [9.17, 15) is 4.79 Å². The van der Waals surface area contributed by atoms with E-state index in [1.54, 1.807) is 11.3 Å². The molecule has 118 valence electrons. The van der Waals surface area contributed by atoms with Crippen LogP contribution in [0.1, 0.15) is 32.9 Å². The van der Waals surface area contributed by atoms with Crippen LogP contribution in [-0.4, -0.2) is 54.7 Å².